The number of nitrogens with two attached hydrogens (primary N) is 1. The van der Waals surface area contributed by atoms with Crippen LogP contribution < -0.4 is 11.1 Å². The fourth-order valence-electron chi connectivity index (χ4n) is 4.47. The third-order valence-electron chi connectivity index (χ3n) is 6.47. The summed E-state index contributed by atoms with van der Waals surface area (Å²) in [6, 6.07) is 7.71. The van der Waals surface area contributed by atoms with Crippen LogP contribution in [0.5, 0.6) is 0 Å². The maximum atomic E-state index is 14.8. The van der Waals surface area contributed by atoms with Crippen molar-refractivity contribution in [2.75, 3.05) is 6.54 Å². The number of aliphatic imine (C=N–C) groups is 1. The molecule has 0 aliphatic heterocycles. The zero-order valence-electron chi connectivity index (χ0n) is 19.5. The minimum absolute atomic E-state index is 0.0457. The van der Waals surface area contributed by atoms with E-state index in [9.17, 15) is 27.2 Å². The first-order valence-corrected chi connectivity index (χ1v) is 12.0. The standard InChI is InChI=1S/C26H24ClF4N3O3/c27-19-3-1-2-16(13-4-5-13)22(19)24(35)34-21-11-15(33-12-26(29,30)31)7-9-18(21)23(32)17-8-6-14(25(36)37)10-20(17)28/h1-3,6,8,10,13,15,33H,4-5,7,9,11-12,32H2,(H,36,37). The van der Waals surface area contributed by atoms with Crippen LogP contribution in [0.15, 0.2) is 47.0 Å². The van der Waals surface area contributed by atoms with Gasteiger partial charge in [0.2, 0.25) is 0 Å². The predicted molar refractivity (Wildman–Crippen MR) is 131 cm³/mol. The van der Waals surface area contributed by atoms with Crippen LogP contribution in [0.4, 0.5) is 17.6 Å². The van der Waals surface area contributed by atoms with Crippen molar-refractivity contribution < 1.29 is 32.3 Å². The highest BCUT2D eigenvalue weighted by Gasteiger charge is 2.33. The fourth-order valence-corrected chi connectivity index (χ4v) is 4.73. The summed E-state index contributed by atoms with van der Waals surface area (Å²) in [5.74, 6) is -2.65. The van der Waals surface area contributed by atoms with Crippen LogP contribution in [0.3, 0.4) is 0 Å². The lowest BCUT2D eigenvalue weighted by molar-refractivity contribution is -0.126. The Hall–Kier alpha value is -3.24. The fraction of sp³-hybridized carbons (Fsp3) is 0.346. The molecule has 0 aromatic heterocycles. The van der Waals surface area contributed by atoms with Gasteiger partial charge in [0.25, 0.3) is 5.91 Å². The van der Waals surface area contributed by atoms with Gasteiger partial charge in [-0.2, -0.15) is 13.2 Å². The zero-order chi connectivity index (χ0) is 26.9. The average Bonchev–Trinajstić information content (AvgIpc) is 3.67. The Labute approximate surface area is 215 Å². The summed E-state index contributed by atoms with van der Waals surface area (Å²) in [4.78, 5) is 28.7. The number of carboxylic acid groups (broad SMARTS) is 1. The van der Waals surface area contributed by atoms with Gasteiger partial charge < -0.3 is 16.2 Å². The number of amides is 1. The largest absolute Gasteiger partial charge is 0.478 e. The molecule has 6 nitrogen and oxygen atoms in total. The third-order valence-corrected chi connectivity index (χ3v) is 6.78. The van der Waals surface area contributed by atoms with Gasteiger partial charge in [0, 0.05) is 23.7 Å². The van der Waals surface area contributed by atoms with E-state index in [0.717, 1.165) is 24.5 Å². The van der Waals surface area contributed by atoms with E-state index in [2.05, 4.69) is 10.3 Å². The van der Waals surface area contributed by atoms with Crippen LogP contribution in [0, 0.1) is 5.82 Å². The second-order valence-electron chi connectivity index (χ2n) is 9.17. The highest BCUT2D eigenvalue weighted by Crippen LogP contribution is 2.43. The van der Waals surface area contributed by atoms with E-state index < -0.39 is 36.5 Å². The molecule has 0 radical (unpaired) electrons. The minimum atomic E-state index is -4.42. The topological polar surface area (TPSA) is 105 Å². The summed E-state index contributed by atoms with van der Waals surface area (Å²) in [5, 5.41) is 11.8. The lowest BCUT2D eigenvalue weighted by Gasteiger charge is -2.28. The first-order valence-electron chi connectivity index (χ1n) is 11.7. The Morgan fingerprint density at radius 1 is 1.16 bits per heavy atom. The van der Waals surface area contributed by atoms with Crippen LogP contribution in [0.25, 0.3) is 5.70 Å². The number of carboxylic acids is 1. The zero-order valence-corrected chi connectivity index (χ0v) is 20.3. The first-order chi connectivity index (χ1) is 17.4. The number of aromatic carboxylic acids is 1. The third kappa shape index (κ3) is 6.37. The van der Waals surface area contributed by atoms with Crippen LogP contribution >= 0.6 is 11.6 Å². The van der Waals surface area contributed by atoms with Crippen molar-refractivity contribution in [3.63, 3.8) is 0 Å². The molecule has 11 heteroatoms. The monoisotopic (exact) mass is 537 g/mol. The molecule has 0 bridgehead atoms. The van der Waals surface area contributed by atoms with Crippen LogP contribution in [-0.4, -0.2) is 41.5 Å². The smallest absolute Gasteiger partial charge is 0.401 e. The van der Waals surface area contributed by atoms with Gasteiger partial charge in [-0.1, -0.05) is 23.7 Å². The van der Waals surface area contributed by atoms with Gasteiger partial charge in [-0.15, -0.1) is 0 Å². The van der Waals surface area contributed by atoms with Crippen molar-refractivity contribution >= 4 is 34.9 Å². The van der Waals surface area contributed by atoms with E-state index >= 15 is 0 Å². The number of nitrogens with one attached hydrogen (secondary N) is 1. The Morgan fingerprint density at radius 2 is 1.89 bits per heavy atom. The normalized spacial score (nSPS) is 20.7. The quantitative estimate of drug-likeness (QED) is 0.409. The molecule has 0 heterocycles. The molecule has 2 aliphatic rings. The number of carbonyl (C=O) groups excluding carboxylic acids is 1. The summed E-state index contributed by atoms with van der Waals surface area (Å²) in [7, 11) is 0. The maximum Gasteiger partial charge on any atom is 0.401 e. The van der Waals surface area contributed by atoms with Crippen molar-refractivity contribution in [2.24, 2.45) is 10.7 Å². The second kappa shape index (κ2) is 10.6. The Bertz CT molecular complexity index is 1300. The van der Waals surface area contributed by atoms with Crippen LogP contribution in [0.2, 0.25) is 5.02 Å². The first kappa shape index (κ1) is 26.8. The summed E-state index contributed by atoms with van der Waals surface area (Å²) in [6.45, 7) is -1.21. The number of hydrogen-bond donors (Lipinski definition) is 3. The SMILES string of the molecule is NC(=C1CCC(NCC(F)(F)F)CC1=NC(=O)c1c(Cl)cccc1C1CC1)c1ccc(C(=O)O)cc1F. The molecular weight excluding hydrogens is 514 g/mol. The van der Waals surface area contributed by atoms with E-state index in [1.165, 1.54) is 12.1 Å². The van der Waals surface area contributed by atoms with E-state index in [4.69, 9.17) is 22.4 Å². The van der Waals surface area contributed by atoms with Gasteiger partial charge in [0.1, 0.15) is 5.82 Å². The van der Waals surface area contributed by atoms with Crippen molar-refractivity contribution in [3.05, 3.63) is 75.1 Å². The van der Waals surface area contributed by atoms with E-state index in [1.807, 2.05) is 0 Å². The Kier molecular flexibility index (Phi) is 7.70. The lowest BCUT2D eigenvalue weighted by atomic mass is 9.86. The Balaban J connectivity index is 1.74. The molecule has 2 aliphatic carbocycles. The van der Waals surface area contributed by atoms with E-state index in [-0.39, 0.29) is 58.3 Å². The molecule has 1 atom stereocenters. The maximum absolute atomic E-state index is 14.8. The highest BCUT2D eigenvalue weighted by molar-refractivity contribution is 6.34. The number of alkyl halides is 3. The molecule has 37 heavy (non-hydrogen) atoms. The molecule has 1 amide bonds. The van der Waals surface area contributed by atoms with Gasteiger partial charge in [-0.3, -0.25) is 4.79 Å². The number of carbonyl (C=O) groups is 2. The van der Waals surface area contributed by atoms with Gasteiger partial charge >= 0.3 is 12.1 Å². The van der Waals surface area contributed by atoms with Crippen molar-refractivity contribution in [1.82, 2.24) is 5.32 Å². The molecule has 2 fully saturated rings. The summed E-state index contributed by atoms with van der Waals surface area (Å²) < 4.78 is 53.1. The average molecular weight is 538 g/mol. The molecule has 2 aromatic rings. The number of hydrogen-bond acceptors (Lipinski definition) is 4. The van der Waals surface area contributed by atoms with E-state index in [0.29, 0.717) is 5.57 Å². The minimum Gasteiger partial charge on any atom is -0.478 e. The number of benzene rings is 2. The molecule has 4 rings (SSSR count). The van der Waals surface area contributed by atoms with Crippen molar-refractivity contribution in [3.8, 4) is 0 Å². The molecule has 2 saturated carbocycles. The number of rotatable bonds is 6. The van der Waals surface area contributed by atoms with Gasteiger partial charge in [0.05, 0.1) is 28.4 Å². The van der Waals surface area contributed by atoms with E-state index in [1.54, 1.807) is 18.2 Å². The van der Waals surface area contributed by atoms with Crippen LogP contribution in [-0.2, 0) is 0 Å². The molecule has 196 valence electrons. The number of allylic oxidation sites excluding steroid dienone is 1. The molecule has 0 saturated heterocycles. The molecular formula is C26H24ClF4N3O3. The molecule has 4 N–H and O–H groups in total. The number of halogens is 5. The molecule has 2 aromatic carbocycles. The second-order valence-corrected chi connectivity index (χ2v) is 9.58. The van der Waals surface area contributed by atoms with Gasteiger partial charge in [-0.25, -0.2) is 14.2 Å². The summed E-state index contributed by atoms with van der Waals surface area (Å²) in [5.41, 5.74) is 7.32. The van der Waals surface area contributed by atoms with Crippen LogP contribution in [0.1, 0.15) is 69.9 Å². The lowest BCUT2D eigenvalue weighted by Crippen LogP contribution is -2.41. The van der Waals surface area contributed by atoms with Gasteiger partial charge in [-0.05, 0) is 67.0 Å². The van der Waals surface area contributed by atoms with Gasteiger partial charge in [0.15, 0.2) is 0 Å². The van der Waals surface area contributed by atoms with Crippen molar-refractivity contribution in [1.29, 1.82) is 0 Å². The molecule has 0 spiro atoms. The van der Waals surface area contributed by atoms with Crippen molar-refractivity contribution in [2.45, 2.75) is 50.2 Å². The predicted octanol–water partition coefficient (Wildman–Crippen LogP) is 5.71. The summed E-state index contributed by atoms with van der Waals surface area (Å²) in [6.07, 6.45) is -2.28. The summed E-state index contributed by atoms with van der Waals surface area (Å²) >= 11 is 6.34. The number of nitrogens with zero attached hydrogens (tertiary/aromatic N) is 1. The molecule has 1 unspecified atom stereocenters. The highest BCUT2D eigenvalue weighted by atomic mass is 35.5. The Morgan fingerprint density at radius 3 is 2.51 bits per heavy atom.